The molecule has 0 radical (unpaired) electrons. The maximum atomic E-state index is 12.8. The van der Waals surface area contributed by atoms with E-state index >= 15 is 0 Å². The van der Waals surface area contributed by atoms with Gasteiger partial charge >= 0.3 is 0 Å². The Labute approximate surface area is 143 Å². The van der Waals surface area contributed by atoms with E-state index < -0.39 is 17.6 Å². The summed E-state index contributed by atoms with van der Waals surface area (Å²) in [5, 5.41) is 10.5. The molecule has 1 heterocycles. The number of carbonyl (C=O) groups excluding carboxylic acids is 1. The van der Waals surface area contributed by atoms with Gasteiger partial charge in [0.1, 0.15) is 5.69 Å². The molecule has 4 nitrogen and oxygen atoms in total. The van der Waals surface area contributed by atoms with Crippen LogP contribution in [0.1, 0.15) is 36.0 Å². The molecule has 0 aliphatic heterocycles. The van der Waals surface area contributed by atoms with Crippen LogP contribution in [0.15, 0.2) is 48.7 Å². The molecule has 0 saturated carbocycles. The Kier molecular flexibility index (Phi) is 5.31. The van der Waals surface area contributed by atoms with Gasteiger partial charge in [0.15, 0.2) is 0 Å². The largest absolute Gasteiger partial charge is 0.388 e. The van der Waals surface area contributed by atoms with Gasteiger partial charge in [-0.05, 0) is 47.2 Å². The van der Waals surface area contributed by atoms with Crippen LogP contribution in [0.25, 0.3) is 0 Å². The normalized spacial score (nSPS) is 16.6. The monoisotopic (exact) mass is 410 g/mol. The molecule has 0 aliphatic carbocycles. The first kappa shape index (κ1) is 17.1. The van der Waals surface area contributed by atoms with Crippen molar-refractivity contribution in [2.24, 2.45) is 11.7 Å². The summed E-state index contributed by atoms with van der Waals surface area (Å²) in [6.45, 7) is 3.43. The first-order chi connectivity index (χ1) is 10.4. The summed E-state index contributed by atoms with van der Waals surface area (Å²) in [7, 11) is 0. The second-order valence-electron chi connectivity index (χ2n) is 5.59. The average molecular weight is 410 g/mol. The number of aromatic nitrogens is 1. The van der Waals surface area contributed by atoms with Crippen LogP contribution < -0.4 is 5.73 Å². The number of nitrogens with zero attached hydrogens (tertiary/aromatic N) is 1. The standard InChI is InChI=1S/C17H19IN2O2/c1-11(15(21)12-7-4-3-5-8-12)17(2,19)16(22)14-13(18)9-6-10-20-14/h3-11,15,21H,19H2,1-2H3/t11?,15?,17-/m1/s1. The maximum Gasteiger partial charge on any atom is 0.202 e. The topological polar surface area (TPSA) is 76.2 Å². The fraction of sp³-hybridized carbons (Fsp3) is 0.294. The van der Waals surface area contributed by atoms with E-state index in [-0.39, 0.29) is 5.78 Å². The molecule has 0 spiro atoms. The third-order valence-electron chi connectivity index (χ3n) is 4.02. The molecule has 2 unspecified atom stereocenters. The van der Waals surface area contributed by atoms with Crippen LogP contribution in [0, 0.1) is 9.49 Å². The smallest absolute Gasteiger partial charge is 0.202 e. The number of ketones is 1. The van der Waals surface area contributed by atoms with Gasteiger partial charge in [0.25, 0.3) is 0 Å². The Morgan fingerprint density at radius 1 is 1.27 bits per heavy atom. The van der Waals surface area contributed by atoms with Crippen molar-refractivity contribution in [2.75, 3.05) is 0 Å². The minimum absolute atomic E-state index is 0.264. The van der Waals surface area contributed by atoms with Crippen molar-refractivity contribution in [1.29, 1.82) is 0 Å². The lowest BCUT2D eigenvalue weighted by molar-refractivity contribution is 0.0563. The van der Waals surface area contributed by atoms with Gasteiger partial charge in [-0.25, -0.2) is 0 Å². The van der Waals surface area contributed by atoms with Crippen molar-refractivity contribution in [3.63, 3.8) is 0 Å². The molecule has 0 bridgehead atoms. The van der Waals surface area contributed by atoms with Crippen LogP contribution >= 0.6 is 22.6 Å². The van der Waals surface area contributed by atoms with Gasteiger partial charge in [0.05, 0.1) is 11.6 Å². The van der Waals surface area contributed by atoms with Crippen LogP contribution in [0.3, 0.4) is 0 Å². The minimum Gasteiger partial charge on any atom is -0.388 e. The lowest BCUT2D eigenvalue weighted by Crippen LogP contribution is -2.52. The second kappa shape index (κ2) is 6.85. The number of hydrogen-bond donors (Lipinski definition) is 2. The molecule has 1 aromatic heterocycles. The number of carbonyl (C=O) groups is 1. The lowest BCUT2D eigenvalue weighted by atomic mass is 9.77. The molecule has 0 aliphatic rings. The highest BCUT2D eigenvalue weighted by atomic mass is 127. The first-order valence-electron chi connectivity index (χ1n) is 7.03. The van der Waals surface area contributed by atoms with E-state index in [4.69, 9.17) is 5.73 Å². The van der Waals surface area contributed by atoms with E-state index in [0.29, 0.717) is 5.69 Å². The summed E-state index contributed by atoms with van der Waals surface area (Å²) in [4.78, 5) is 16.9. The number of aliphatic hydroxyl groups excluding tert-OH is 1. The maximum absolute atomic E-state index is 12.8. The third kappa shape index (κ3) is 3.37. The van der Waals surface area contributed by atoms with Gasteiger partial charge in [0, 0.05) is 15.7 Å². The summed E-state index contributed by atoms with van der Waals surface area (Å²) < 4.78 is 0.753. The number of Topliss-reactive ketones (excluding diaryl/α,β-unsaturated/α-hetero) is 1. The van der Waals surface area contributed by atoms with Crippen molar-refractivity contribution in [3.05, 3.63) is 63.5 Å². The molecule has 1 aromatic carbocycles. The molecule has 2 rings (SSSR count). The molecule has 5 heteroatoms. The van der Waals surface area contributed by atoms with E-state index in [0.717, 1.165) is 9.13 Å². The molecule has 2 aromatic rings. The Morgan fingerprint density at radius 2 is 1.91 bits per heavy atom. The molecule has 22 heavy (non-hydrogen) atoms. The van der Waals surface area contributed by atoms with Crippen molar-refractivity contribution in [3.8, 4) is 0 Å². The molecule has 0 amide bonds. The van der Waals surface area contributed by atoms with Gasteiger partial charge in [-0.3, -0.25) is 9.78 Å². The van der Waals surface area contributed by atoms with Crippen LogP contribution in [0.5, 0.6) is 0 Å². The highest BCUT2D eigenvalue weighted by Gasteiger charge is 2.40. The van der Waals surface area contributed by atoms with Crippen molar-refractivity contribution in [2.45, 2.75) is 25.5 Å². The van der Waals surface area contributed by atoms with Crippen LogP contribution in [0.2, 0.25) is 0 Å². The van der Waals surface area contributed by atoms with Gasteiger partial charge in [-0.2, -0.15) is 0 Å². The Bertz CT molecular complexity index is 659. The van der Waals surface area contributed by atoms with E-state index in [1.807, 2.05) is 36.4 Å². The zero-order valence-electron chi connectivity index (χ0n) is 12.5. The van der Waals surface area contributed by atoms with Crippen LogP contribution in [0.4, 0.5) is 0 Å². The quantitative estimate of drug-likeness (QED) is 0.587. The molecule has 0 saturated heterocycles. The van der Waals surface area contributed by atoms with Crippen LogP contribution in [-0.4, -0.2) is 21.4 Å². The summed E-state index contributed by atoms with van der Waals surface area (Å²) in [5.74, 6) is -0.722. The molecule has 116 valence electrons. The average Bonchev–Trinajstić information content (AvgIpc) is 2.54. The number of nitrogens with two attached hydrogens (primary N) is 1. The lowest BCUT2D eigenvalue weighted by Gasteiger charge is -2.33. The SMILES string of the molecule is CC(C(O)c1ccccc1)[C@@](C)(N)C(=O)c1ncccc1I. The number of aliphatic hydroxyl groups is 1. The van der Waals surface area contributed by atoms with E-state index in [2.05, 4.69) is 27.6 Å². The highest BCUT2D eigenvalue weighted by molar-refractivity contribution is 14.1. The molecular weight excluding hydrogens is 391 g/mol. The number of pyridine rings is 1. The van der Waals surface area contributed by atoms with Gasteiger partial charge in [-0.15, -0.1) is 0 Å². The highest BCUT2D eigenvalue weighted by Crippen LogP contribution is 2.31. The Hall–Kier alpha value is -1.31. The van der Waals surface area contributed by atoms with Gasteiger partial charge in [0.2, 0.25) is 5.78 Å². The Balaban J connectivity index is 2.29. The van der Waals surface area contributed by atoms with E-state index in [9.17, 15) is 9.90 Å². The summed E-state index contributed by atoms with van der Waals surface area (Å²) in [6, 6.07) is 12.8. The molecule has 3 N–H and O–H groups in total. The summed E-state index contributed by atoms with van der Waals surface area (Å²) in [6.07, 6.45) is 0.755. The fourth-order valence-corrected chi connectivity index (χ4v) is 2.87. The van der Waals surface area contributed by atoms with Gasteiger partial charge < -0.3 is 10.8 Å². The van der Waals surface area contributed by atoms with Gasteiger partial charge in [-0.1, -0.05) is 37.3 Å². The number of rotatable bonds is 5. The molecular formula is C17H19IN2O2. The van der Waals surface area contributed by atoms with Crippen molar-refractivity contribution in [1.82, 2.24) is 4.98 Å². The molecule has 0 fully saturated rings. The zero-order valence-corrected chi connectivity index (χ0v) is 14.7. The summed E-state index contributed by atoms with van der Waals surface area (Å²) >= 11 is 2.07. The third-order valence-corrected chi connectivity index (χ3v) is 4.89. The number of benzene rings is 1. The van der Waals surface area contributed by atoms with Crippen molar-refractivity contribution < 1.29 is 9.90 Å². The number of hydrogen-bond acceptors (Lipinski definition) is 4. The second-order valence-corrected chi connectivity index (χ2v) is 6.75. The first-order valence-corrected chi connectivity index (χ1v) is 8.10. The van der Waals surface area contributed by atoms with E-state index in [1.54, 1.807) is 26.1 Å². The minimum atomic E-state index is -1.22. The predicted molar refractivity (Wildman–Crippen MR) is 94.4 cm³/mol. The molecule has 3 atom stereocenters. The van der Waals surface area contributed by atoms with E-state index in [1.165, 1.54) is 0 Å². The van der Waals surface area contributed by atoms with Crippen molar-refractivity contribution >= 4 is 28.4 Å². The predicted octanol–water partition coefficient (Wildman–Crippen LogP) is 2.96. The number of halogens is 1. The fourth-order valence-electron chi connectivity index (χ4n) is 2.28. The zero-order chi connectivity index (χ0) is 16.3. The van der Waals surface area contributed by atoms with Crippen LogP contribution in [-0.2, 0) is 0 Å². The summed E-state index contributed by atoms with van der Waals surface area (Å²) in [5.41, 5.74) is 6.16. The Morgan fingerprint density at radius 3 is 2.50 bits per heavy atom.